The molecule has 2 amide bonds. The van der Waals surface area contributed by atoms with E-state index in [1.165, 1.54) is 6.92 Å². The van der Waals surface area contributed by atoms with Crippen molar-refractivity contribution in [2.24, 2.45) is 5.92 Å². The molecule has 1 saturated heterocycles. The molecular weight excluding hydrogens is 406 g/mol. The number of amides is 2. The van der Waals surface area contributed by atoms with Crippen molar-refractivity contribution in [2.75, 3.05) is 30.9 Å². The summed E-state index contributed by atoms with van der Waals surface area (Å²) in [6, 6.07) is 12.9. The average molecular weight is 440 g/mol. The molecule has 1 atom stereocenters. The highest BCUT2D eigenvalue weighted by Crippen LogP contribution is 2.30. The first-order valence-electron chi connectivity index (χ1n) is 11.1. The summed E-state index contributed by atoms with van der Waals surface area (Å²) in [5.74, 6) is 1.68. The van der Waals surface area contributed by atoms with Crippen LogP contribution in [0.3, 0.4) is 0 Å². The smallest absolute Gasteiger partial charge is 0.241 e. The molecule has 2 aromatic carbocycles. The number of nitrogens with zero attached hydrogens (tertiary/aromatic N) is 1. The van der Waals surface area contributed by atoms with Crippen molar-refractivity contribution in [3.63, 3.8) is 0 Å². The predicted molar refractivity (Wildman–Crippen MR) is 126 cm³/mol. The van der Waals surface area contributed by atoms with Crippen LogP contribution in [-0.4, -0.2) is 43.0 Å². The quantitative estimate of drug-likeness (QED) is 0.609. The molecular formula is C25H33N3O4. The number of carbonyl (C=O) groups excluding carboxylic acids is 2. The maximum atomic E-state index is 13.0. The first-order valence-corrected chi connectivity index (χ1v) is 11.1. The monoisotopic (exact) mass is 439 g/mol. The maximum absolute atomic E-state index is 13.0. The van der Waals surface area contributed by atoms with Gasteiger partial charge in [-0.3, -0.25) is 14.5 Å². The third kappa shape index (κ3) is 6.47. The second kappa shape index (κ2) is 11.0. The van der Waals surface area contributed by atoms with Gasteiger partial charge < -0.3 is 20.1 Å². The fourth-order valence-electron chi connectivity index (χ4n) is 3.84. The molecule has 1 fully saturated rings. The number of hydrogen-bond donors (Lipinski definition) is 2. The second-order valence-electron chi connectivity index (χ2n) is 8.57. The van der Waals surface area contributed by atoms with Gasteiger partial charge in [-0.1, -0.05) is 26.0 Å². The van der Waals surface area contributed by atoms with Gasteiger partial charge in [0.25, 0.3) is 0 Å². The van der Waals surface area contributed by atoms with E-state index in [4.69, 9.17) is 9.47 Å². The number of hydrogen-bond acceptors (Lipinski definition) is 5. The molecule has 3 rings (SSSR count). The number of methoxy groups -OCH3 is 1. The van der Waals surface area contributed by atoms with E-state index >= 15 is 0 Å². The minimum atomic E-state index is -0.207. The van der Waals surface area contributed by atoms with Crippen molar-refractivity contribution < 1.29 is 19.1 Å². The Labute approximate surface area is 190 Å². The largest absolute Gasteiger partial charge is 0.493 e. The van der Waals surface area contributed by atoms with Crippen LogP contribution in [0.2, 0.25) is 0 Å². The van der Waals surface area contributed by atoms with Gasteiger partial charge in [0.15, 0.2) is 11.5 Å². The SMILES string of the molecule is COc1ccc(CN2CCCC2C(=O)Nc2cccc(NC(C)=O)c2)cc1OCC(C)C. The van der Waals surface area contributed by atoms with Crippen LogP contribution < -0.4 is 20.1 Å². The standard InChI is InChI=1S/C25H33N3O4/c1-17(2)16-32-24-13-19(10-11-23(24)31-4)15-28-12-6-9-22(28)25(30)27-21-8-5-7-20(14-21)26-18(3)29/h5,7-8,10-11,13-14,17,22H,6,9,12,15-16H2,1-4H3,(H,26,29)(H,27,30). The number of anilines is 2. The number of rotatable bonds is 9. The highest BCUT2D eigenvalue weighted by Gasteiger charge is 2.31. The van der Waals surface area contributed by atoms with E-state index in [9.17, 15) is 9.59 Å². The molecule has 32 heavy (non-hydrogen) atoms. The third-order valence-corrected chi connectivity index (χ3v) is 5.30. The van der Waals surface area contributed by atoms with E-state index in [0.717, 1.165) is 30.7 Å². The Bertz CT molecular complexity index is 945. The third-order valence-electron chi connectivity index (χ3n) is 5.30. The number of ether oxygens (including phenoxy) is 2. The lowest BCUT2D eigenvalue weighted by Gasteiger charge is -2.24. The van der Waals surface area contributed by atoms with Crippen LogP contribution in [0.1, 0.15) is 39.2 Å². The van der Waals surface area contributed by atoms with Gasteiger partial charge in [0.1, 0.15) is 0 Å². The lowest BCUT2D eigenvalue weighted by Crippen LogP contribution is -2.39. The number of likely N-dealkylation sites (tertiary alicyclic amines) is 1. The Hall–Kier alpha value is -3.06. The van der Waals surface area contributed by atoms with E-state index < -0.39 is 0 Å². The topological polar surface area (TPSA) is 79.9 Å². The number of nitrogens with one attached hydrogen (secondary N) is 2. The highest BCUT2D eigenvalue weighted by atomic mass is 16.5. The van der Waals surface area contributed by atoms with Gasteiger partial charge in [-0.25, -0.2) is 0 Å². The zero-order chi connectivity index (χ0) is 23.1. The van der Waals surface area contributed by atoms with E-state index in [1.807, 2.05) is 30.3 Å². The molecule has 0 spiro atoms. The summed E-state index contributed by atoms with van der Waals surface area (Å²) in [5.41, 5.74) is 2.41. The molecule has 7 nitrogen and oxygen atoms in total. The highest BCUT2D eigenvalue weighted by molar-refractivity contribution is 5.96. The summed E-state index contributed by atoms with van der Waals surface area (Å²) >= 11 is 0. The van der Waals surface area contributed by atoms with Gasteiger partial charge in [-0.05, 0) is 61.2 Å². The summed E-state index contributed by atoms with van der Waals surface area (Å²) < 4.78 is 11.4. The lowest BCUT2D eigenvalue weighted by molar-refractivity contribution is -0.120. The van der Waals surface area contributed by atoms with Crippen molar-refractivity contribution in [2.45, 2.75) is 46.2 Å². The van der Waals surface area contributed by atoms with Gasteiger partial charge in [0.05, 0.1) is 19.8 Å². The van der Waals surface area contributed by atoms with Gasteiger partial charge in [-0.2, -0.15) is 0 Å². The fourth-order valence-corrected chi connectivity index (χ4v) is 3.84. The van der Waals surface area contributed by atoms with E-state index in [0.29, 0.717) is 36.2 Å². The molecule has 0 bridgehead atoms. The maximum Gasteiger partial charge on any atom is 0.241 e. The molecule has 1 aliphatic heterocycles. The number of carbonyl (C=O) groups is 2. The Kier molecular flexibility index (Phi) is 8.11. The molecule has 0 radical (unpaired) electrons. The second-order valence-corrected chi connectivity index (χ2v) is 8.57. The Morgan fingerprint density at radius 2 is 1.84 bits per heavy atom. The molecule has 172 valence electrons. The molecule has 2 N–H and O–H groups in total. The van der Waals surface area contributed by atoms with Crippen molar-refractivity contribution in [1.29, 1.82) is 0 Å². The first kappa shape index (κ1) is 23.6. The Morgan fingerprint density at radius 1 is 1.09 bits per heavy atom. The minimum absolute atomic E-state index is 0.0349. The van der Waals surface area contributed by atoms with Crippen LogP contribution in [0.4, 0.5) is 11.4 Å². The lowest BCUT2D eigenvalue weighted by atomic mass is 10.1. The van der Waals surface area contributed by atoms with Gasteiger partial charge in [0.2, 0.25) is 11.8 Å². The zero-order valence-electron chi connectivity index (χ0n) is 19.3. The summed E-state index contributed by atoms with van der Waals surface area (Å²) in [5, 5.41) is 5.74. The molecule has 0 aromatic heterocycles. The average Bonchev–Trinajstić information content (AvgIpc) is 3.20. The fraction of sp³-hybridized carbons (Fsp3) is 0.440. The molecule has 1 heterocycles. The van der Waals surface area contributed by atoms with Crippen LogP contribution in [0.25, 0.3) is 0 Å². The Morgan fingerprint density at radius 3 is 2.53 bits per heavy atom. The van der Waals surface area contributed by atoms with Crippen LogP contribution >= 0.6 is 0 Å². The van der Waals surface area contributed by atoms with Crippen LogP contribution in [0, 0.1) is 5.92 Å². The minimum Gasteiger partial charge on any atom is -0.493 e. The van der Waals surface area contributed by atoms with E-state index in [-0.39, 0.29) is 17.9 Å². The molecule has 7 heteroatoms. The van der Waals surface area contributed by atoms with Crippen LogP contribution in [0.15, 0.2) is 42.5 Å². The summed E-state index contributed by atoms with van der Waals surface area (Å²) in [4.78, 5) is 26.5. The molecule has 1 unspecified atom stereocenters. The van der Waals surface area contributed by atoms with E-state index in [1.54, 1.807) is 19.2 Å². The summed E-state index contributed by atoms with van der Waals surface area (Å²) in [6.07, 6.45) is 1.78. The summed E-state index contributed by atoms with van der Waals surface area (Å²) in [6.45, 7) is 7.81. The predicted octanol–water partition coefficient (Wildman–Crippen LogP) is 4.29. The zero-order valence-corrected chi connectivity index (χ0v) is 19.3. The van der Waals surface area contributed by atoms with Crippen LogP contribution in [0.5, 0.6) is 11.5 Å². The normalized spacial score (nSPS) is 16.1. The molecule has 2 aromatic rings. The summed E-state index contributed by atoms with van der Waals surface area (Å²) in [7, 11) is 1.64. The molecule has 0 saturated carbocycles. The molecule has 0 aliphatic carbocycles. The van der Waals surface area contributed by atoms with Crippen molar-refractivity contribution in [3.8, 4) is 11.5 Å². The first-order chi connectivity index (χ1) is 15.4. The Balaban J connectivity index is 1.67. The van der Waals surface area contributed by atoms with Crippen molar-refractivity contribution in [3.05, 3.63) is 48.0 Å². The van der Waals surface area contributed by atoms with E-state index in [2.05, 4.69) is 29.4 Å². The van der Waals surface area contributed by atoms with Crippen LogP contribution in [-0.2, 0) is 16.1 Å². The van der Waals surface area contributed by atoms with Gasteiger partial charge in [0, 0.05) is 24.8 Å². The number of benzene rings is 2. The van der Waals surface area contributed by atoms with Crippen molar-refractivity contribution >= 4 is 23.2 Å². The van der Waals surface area contributed by atoms with Gasteiger partial charge >= 0.3 is 0 Å². The van der Waals surface area contributed by atoms with Crippen molar-refractivity contribution in [1.82, 2.24) is 4.90 Å². The van der Waals surface area contributed by atoms with Gasteiger partial charge in [-0.15, -0.1) is 0 Å². The molecule has 1 aliphatic rings.